The first-order chi connectivity index (χ1) is 10.7. The average Bonchev–Trinajstić information content (AvgIpc) is 2.40. The maximum atomic E-state index is 6.03. The molecule has 1 aromatic heterocycles. The molecule has 23 heavy (non-hydrogen) atoms. The van der Waals surface area contributed by atoms with Crippen LogP contribution < -0.4 is 5.43 Å². The lowest BCUT2D eigenvalue weighted by Gasteiger charge is -2.55. The highest BCUT2D eigenvalue weighted by Crippen LogP contribution is 2.44. The van der Waals surface area contributed by atoms with Crippen LogP contribution in [-0.4, -0.2) is 32.0 Å². The van der Waals surface area contributed by atoms with Crippen LogP contribution in [0.15, 0.2) is 0 Å². The summed E-state index contributed by atoms with van der Waals surface area (Å²) in [5, 5.41) is 2.59. The van der Waals surface area contributed by atoms with Gasteiger partial charge in [-0.3, -0.25) is 5.43 Å². The van der Waals surface area contributed by atoms with E-state index in [1.807, 2.05) is 0 Å². The van der Waals surface area contributed by atoms with Gasteiger partial charge in [-0.25, -0.2) is 15.0 Å². The van der Waals surface area contributed by atoms with Crippen LogP contribution in [0.25, 0.3) is 0 Å². The first-order valence-electron chi connectivity index (χ1n) is 8.30. The molecule has 7 heteroatoms. The summed E-state index contributed by atoms with van der Waals surface area (Å²) < 4.78 is 0. The number of rotatable bonds is 5. The van der Waals surface area contributed by atoms with Crippen LogP contribution in [0.1, 0.15) is 66.1 Å². The minimum atomic E-state index is -0.384. The van der Waals surface area contributed by atoms with Crippen molar-refractivity contribution in [1.29, 1.82) is 0 Å². The zero-order valence-electron chi connectivity index (χ0n) is 14.7. The first kappa shape index (κ1) is 18.8. The third-order valence-electron chi connectivity index (χ3n) is 4.56. The van der Waals surface area contributed by atoms with E-state index in [1.165, 1.54) is 0 Å². The molecule has 0 spiro atoms. The average molecular weight is 360 g/mol. The number of halogens is 2. The molecule has 1 aliphatic heterocycles. The molecule has 0 radical (unpaired) electrons. The lowest BCUT2D eigenvalue weighted by atomic mass is 9.74. The molecule has 5 nitrogen and oxygen atoms in total. The highest BCUT2D eigenvalue weighted by molar-refractivity contribution is 6.31. The van der Waals surface area contributed by atoms with Crippen molar-refractivity contribution in [2.45, 2.75) is 71.4 Å². The van der Waals surface area contributed by atoms with E-state index in [0.29, 0.717) is 11.7 Å². The molecule has 0 amide bonds. The molecule has 1 N–H and O–H groups in total. The topological polar surface area (TPSA) is 53.9 Å². The van der Waals surface area contributed by atoms with Crippen molar-refractivity contribution >= 4 is 23.2 Å². The second-order valence-electron chi connectivity index (χ2n) is 7.39. The third kappa shape index (κ3) is 4.13. The lowest BCUT2D eigenvalue weighted by molar-refractivity contribution is -0.105. The summed E-state index contributed by atoms with van der Waals surface area (Å²) in [6.07, 6.45) is 4.31. The van der Waals surface area contributed by atoms with Crippen LogP contribution >= 0.6 is 23.2 Å². The van der Waals surface area contributed by atoms with Crippen LogP contribution in [0.4, 0.5) is 0 Å². The monoisotopic (exact) mass is 359 g/mol. The van der Waals surface area contributed by atoms with Gasteiger partial charge in [0, 0.05) is 12.1 Å². The van der Waals surface area contributed by atoms with Gasteiger partial charge >= 0.3 is 0 Å². The number of hydrogen-bond donors (Lipinski definition) is 1. The fourth-order valence-electron chi connectivity index (χ4n) is 3.97. The van der Waals surface area contributed by atoms with Crippen molar-refractivity contribution in [1.82, 2.24) is 25.4 Å². The zero-order chi connectivity index (χ0) is 17.3. The number of nitrogens with zero attached hydrogens (tertiary/aromatic N) is 4. The summed E-state index contributed by atoms with van der Waals surface area (Å²) in [4.78, 5) is 12.7. The Balaban J connectivity index is 2.43. The summed E-state index contributed by atoms with van der Waals surface area (Å²) in [5.41, 5.74) is 3.20. The predicted molar refractivity (Wildman–Crippen MR) is 94.4 cm³/mol. The second kappa shape index (κ2) is 7.18. The molecule has 2 heterocycles. The van der Waals surface area contributed by atoms with Gasteiger partial charge in [0.1, 0.15) is 0 Å². The van der Waals surface area contributed by atoms with Gasteiger partial charge in [-0.1, -0.05) is 20.3 Å². The number of hydrogen-bond acceptors (Lipinski definition) is 5. The van der Waals surface area contributed by atoms with Gasteiger partial charge in [0.2, 0.25) is 10.6 Å². The van der Waals surface area contributed by atoms with Gasteiger partial charge in [-0.2, -0.15) is 4.98 Å². The van der Waals surface area contributed by atoms with Crippen molar-refractivity contribution in [3.05, 3.63) is 16.4 Å². The largest absolute Gasteiger partial charge is 0.254 e. The lowest BCUT2D eigenvalue weighted by Crippen LogP contribution is -2.65. The van der Waals surface area contributed by atoms with E-state index < -0.39 is 0 Å². The molecule has 1 aliphatic rings. The van der Waals surface area contributed by atoms with Gasteiger partial charge in [0.25, 0.3) is 0 Å². The van der Waals surface area contributed by atoms with Crippen molar-refractivity contribution < 1.29 is 0 Å². The highest BCUT2D eigenvalue weighted by atomic mass is 35.5. The third-order valence-corrected chi connectivity index (χ3v) is 4.89. The molecule has 130 valence electrons. The van der Waals surface area contributed by atoms with Crippen molar-refractivity contribution in [3.63, 3.8) is 0 Å². The molecule has 1 saturated heterocycles. The summed E-state index contributed by atoms with van der Waals surface area (Å²) in [6, 6.07) is 0. The molecule has 2 atom stereocenters. The van der Waals surface area contributed by atoms with Crippen LogP contribution in [0, 0.1) is 5.92 Å². The summed E-state index contributed by atoms with van der Waals surface area (Å²) in [6.45, 7) is 12.1. The molecule has 0 aliphatic carbocycles. The van der Waals surface area contributed by atoms with Gasteiger partial charge in [-0.15, -0.1) is 0 Å². The van der Waals surface area contributed by atoms with Gasteiger partial charge in [0.15, 0.2) is 5.82 Å². The molecule has 2 unspecified atom stereocenters. The van der Waals surface area contributed by atoms with E-state index in [2.05, 4.69) is 60.0 Å². The van der Waals surface area contributed by atoms with E-state index in [9.17, 15) is 0 Å². The second-order valence-corrected chi connectivity index (χ2v) is 8.07. The standard InChI is InChI=1S/C16H27Cl2N5/c1-6-7-8-19-23-15(3,4)9-11(2)10-16(23,5)12-20-13(17)22-14(18)21-12/h11,19H,6-10H2,1-5H3. The SMILES string of the molecule is CCCCNN1C(C)(C)CC(C)CC1(C)c1nc(Cl)nc(Cl)n1. The molecular formula is C16H27Cl2N5. The molecule has 1 fully saturated rings. The fourth-order valence-corrected chi connectivity index (χ4v) is 4.33. The van der Waals surface area contributed by atoms with Crippen LogP contribution in [-0.2, 0) is 5.54 Å². The molecule has 0 saturated carbocycles. The fraction of sp³-hybridized carbons (Fsp3) is 0.812. The molecule has 0 aromatic carbocycles. The van der Waals surface area contributed by atoms with Gasteiger partial charge in [-0.05, 0) is 69.2 Å². The minimum absolute atomic E-state index is 0.0221. The van der Waals surface area contributed by atoms with E-state index >= 15 is 0 Å². The van der Waals surface area contributed by atoms with Gasteiger partial charge < -0.3 is 0 Å². The molecular weight excluding hydrogens is 333 g/mol. The Morgan fingerprint density at radius 3 is 2.30 bits per heavy atom. The number of unbranched alkanes of at least 4 members (excludes halogenated alkanes) is 1. The number of hydrazine groups is 1. The number of nitrogens with one attached hydrogen (secondary N) is 1. The Hall–Kier alpha value is -0.490. The van der Waals surface area contributed by atoms with Crippen LogP contribution in [0.3, 0.4) is 0 Å². The summed E-state index contributed by atoms with van der Waals surface area (Å²) in [5.74, 6) is 1.18. The summed E-state index contributed by atoms with van der Waals surface area (Å²) in [7, 11) is 0. The normalized spacial score (nSPS) is 28.0. The van der Waals surface area contributed by atoms with Crippen LogP contribution in [0.2, 0.25) is 10.6 Å². The van der Waals surface area contributed by atoms with Crippen LogP contribution in [0.5, 0.6) is 0 Å². The number of piperidine rings is 1. The smallest absolute Gasteiger partial charge is 0.226 e. The Labute approximate surface area is 149 Å². The highest BCUT2D eigenvalue weighted by Gasteiger charge is 2.49. The van der Waals surface area contributed by atoms with E-state index in [1.54, 1.807) is 0 Å². The molecule has 2 rings (SSSR count). The number of aromatic nitrogens is 3. The van der Waals surface area contributed by atoms with E-state index in [-0.39, 0.29) is 21.6 Å². The van der Waals surface area contributed by atoms with Crippen molar-refractivity contribution in [2.24, 2.45) is 5.92 Å². The molecule has 1 aromatic rings. The minimum Gasteiger partial charge on any atom is -0.254 e. The van der Waals surface area contributed by atoms with Crippen molar-refractivity contribution in [2.75, 3.05) is 6.54 Å². The molecule has 0 bridgehead atoms. The Morgan fingerprint density at radius 1 is 1.13 bits per heavy atom. The summed E-state index contributed by atoms with van der Waals surface area (Å²) >= 11 is 12.1. The quantitative estimate of drug-likeness (QED) is 0.798. The first-order valence-corrected chi connectivity index (χ1v) is 9.06. The Bertz CT molecular complexity index is 531. The Morgan fingerprint density at radius 2 is 1.74 bits per heavy atom. The maximum Gasteiger partial charge on any atom is 0.226 e. The Kier molecular flexibility index (Phi) is 5.88. The van der Waals surface area contributed by atoms with Crippen molar-refractivity contribution in [3.8, 4) is 0 Å². The van der Waals surface area contributed by atoms with E-state index in [0.717, 1.165) is 32.2 Å². The zero-order valence-corrected chi connectivity index (χ0v) is 16.2. The maximum absolute atomic E-state index is 6.03. The van der Waals surface area contributed by atoms with Gasteiger partial charge in [0.05, 0.1) is 5.54 Å². The van der Waals surface area contributed by atoms with E-state index in [4.69, 9.17) is 23.2 Å². The predicted octanol–water partition coefficient (Wildman–Crippen LogP) is 4.21.